The molecule has 1 fully saturated rings. The third-order valence-electron chi connectivity index (χ3n) is 2.81. The summed E-state index contributed by atoms with van der Waals surface area (Å²) in [5.74, 6) is -0.805. The maximum absolute atomic E-state index is 10.5. The van der Waals surface area contributed by atoms with Crippen molar-refractivity contribution in [2.45, 2.75) is 18.8 Å². The molecule has 14 heavy (non-hydrogen) atoms. The van der Waals surface area contributed by atoms with E-state index in [9.17, 15) is 9.90 Å². The molecule has 2 rings (SSSR count). The fourth-order valence-corrected chi connectivity index (χ4v) is 1.94. The molecule has 0 heterocycles. The number of carbonyl (C=O) groups excluding carboxylic acids is 1. The number of aliphatic carboxylic acids is 1. The Balaban J connectivity index is 2.00. The smallest absolute Gasteiger partial charge is 0.0445 e. The van der Waals surface area contributed by atoms with E-state index >= 15 is 0 Å². The summed E-state index contributed by atoms with van der Waals surface area (Å²) in [6, 6.07) is 7.59. The molecule has 0 aromatic heterocycles. The molecule has 2 nitrogen and oxygen atoms in total. The van der Waals surface area contributed by atoms with Crippen molar-refractivity contribution in [3.05, 3.63) is 34.9 Å². The Kier molecular flexibility index (Phi) is 2.46. The van der Waals surface area contributed by atoms with Crippen molar-refractivity contribution in [2.24, 2.45) is 5.92 Å². The van der Waals surface area contributed by atoms with Gasteiger partial charge in [0.05, 0.1) is 0 Å². The van der Waals surface area contributed by atoms with E-state index in [2.05, 4.69) is 0 Å². The molecule has 1 aliphatic rings. The maximum atomic E-state index is 10.5. The lowest BCUT2D eigenvalue weighted by molar-refractivity contribution is -0.314. The van der Waals surface area contributed by atoms with E-state index in [-0.39, 0.29) is 5.92 Å². The number of hydrogen-bond acceptors (Lipinski definition) is 2. The lowest BCUT2D eigenvalue weighted by atomic mass is 9.71. The summed E-state index contributed by atoms with van der Waals surface area (Å²) in [5, 5.41) is 11.2. The highest BCUT2D eigenvalue weighted by Gasteiger charge is 2.30. The van der Waals surface area contributed by atoms with E-state index in [0.29, 0.717) is 23.8 Å². The molecule has 0 saturated heterocycles. The van der Waals surface area contributed by atoms with Crippen LogP contribution in [-0.4, -0.2) is 5.97 Å². The Morgan fingerprint density at radius 3 is 2.36 bits per heavy atom. The summed E-state index contributed by atoms with van der Waals surface area (Å²) in [4.78, 5) is 10.5. The van der Waals surface area contributed by atoms with Crippen molar-refractivity contribution in [1.29, 1.82) is 0 Å². The first-order valence-electron chi connectivity index (χ1n) is 4.63. The van der Waals surface area contributed by atoms with Crippen LogP contribution in [-0.2, 0) is 4.79 Å². The average Bonchev–Trinajstić information content (AvgIpc) is 2.05. The summed E-state index contributed by atoms with van der Waals surface area (Å²) in [6.45, 7) is 0. The predicted molar refractivity (Wildman–Crippen MR) is 51.9 cm³/mol. The zero-order valence-electron chi connectivity index (χ0n) is 7.57. The Bertz CT molecular complexity index is 339. The third-order valence-corrected chi connectivity index (χ3v) is 3.06. The van der Waals surface area contributed by atoms with Crippen LogP contribution < -0.4 is 5.11 Å². The molecule has 0 amide bonds. The number of halogens is 1. The van der Waals surface area contributed by atoms with E-state index < -0.39 is 5.97 Å². The number of rotatable bonds is 2. The van der Waals surface area contributed by atoms with Crippen molar-refractivity contribution >= 4 is 17.6 Å². The molecule has 1 aliphatic carbocycles. The Morgan fingerprint density at radius 2 is 1.86 bits per heavy atom. The van der Waals surface area contributed by atoms with Crippen molar-refractivity contribution in [3.63, 3.8) is 0 Å². The normalized spacial score (nSPS) is 25.5. The Labute approximate surface area is 87.5 Å². The minimum Gasteiger partial charge on any atom is -0.550 e. The molecule has 0 aliphatic heterocycles. The SMILES string of the molecule is O=C([O-])C1CC(c2ccc(Cl)cc2)C1. The van der Waals surface area contributed by atoms with Gasteiger partial charge in [0.25, 0.3) is 0 Å². The maximum Gasteiger partial charge on any atom is 0.0445 e. The minimum atomic E-state index is -0.921. The van der Waals surface area contributed by atoms with Gasteiger partial charge in [-0.3, -0.25) is 0 Å². The zero-order valence-corrected chi connectivity index (χ0v) is 8.33. The van der Waals surface area contributed by atoms with Crippen LogP contribution in [0.25, 0.3) is 0 Å². The van der Waals surface area contributed by atoms with Gasteiger partial charge >= 0.3 is 0 Å². The van der Waals surface area contributed by atoms with Crippen molar-refractivity contribution in [3.8, 4) is 0 Å². The van der Waals surface area contributed by atoms with Crippen LogP contribution in [0.4, 0.5) is 0 Å². The van der Waals surface area contributed by atoms with E-state index in [1.165, 1.54) is 5.56 Å². The van der Waals surface area contributed by atoms with Crippen molar-refractivity contribution in [2.75, 3.05) is 0 Å². The summed E-state index contributed by atoms with van der Waals surface area (Å²) < 4.78 is 0. The zero-order chi connectivity index (χ0) is 10.1. The number of carboxylic acid groups (broad SMARTS) is 1. The van der Waals surface area contributed by atoms with Gasteiger partial charge in [-0.05, 0) is 42.4 Å². The average molecular weight is 210 g/mol. The van der Waals surface area contributed by atoms with Crippen LogP contribution in [0.3, 0.4) is 0 Å². The van der Waals surface area contributed by atoms with Crippen LogP contribution in [0.5, 0.6) is 0 Å². The lowest BCUT2D eigenvalue weighted by Gasteiger charge is -2.36. The van der Waals surface area contributed by atoms with Gasteiger partial charge in [0.2, 0.25) is 0 Å². The van der Waals surface area contributed by atoms with Crippen molar-refractivity contribution in [1.82, 2.24) is 0 Å². The van der Waals surface area contributed by atoms with Gasteiger partial charge in [0.1, 0.15) is 0 Å². The van der Waals surface area contributed by atoms with Gasteiger partial charge in [0, 0.05) is 11.0 Å². The Hall–Kier alpha value is -1.02. The van der Waals surface area contributed by atoms with Crippen LogP contribution in [0.1, 0.15) is 24.3 Å². The largest absolute Gasteiger partial charge is 0.550 e. The van der Waals surface area contributed by atoms with E-state index in [4.69, 9.17) is 11.6 Å². The molecule has 3 heteroatoms. The van der Waals surface area contributed by atoms with Gasteiger partial charge in [0.15, 0.2) is 0 Å². The monoisotopic (exact) mass is 209 g/mol. The first-order valence-corrected chi connectivity index (χ1v) is 5.01. The highest BCUT2D eigenvalue weighted by atomic mass is 35.5. The van der Waals surface area contributed by atoms with Crippen LogP contribution >= 0.6 is 11.6 Å². The second-order valence-corrected chi connectivity index (χ2v) is 4.17. The molecule has 74 valence electrons. The minimum absolute atomic E-state index is 0.254. The molecule has 0 atom stereocenters. The fraction of sp³-hybridized carbons (Fsp3) is 0.364. The van der Waals surface area contributed by atoms with Gasteiger partial charge in [-0.25, -0.2) is 0 Å². The summed E-state index contributed by atoms with van der Waals surface area (Å²) in [7, 11) is 0. The quantitative estimate of drug-likeness (QED) is 0.742. The highest BCUT2D eigenvalue weighted by molar-refractivity contribution is 6.30. The van der Waals surface area contributed by atoms with E-state index in [0.717, 1.165) is 0 Å². The molecular formula is C11H10ClO2-. The molecule has 0 N–H and O–H groups in total. The lowest BCUT2D eigenvalue weighted by Crippen LogP contribution is -2.38. The number of benzene rings is 1. The van der Waals surface area contributed by atoms with Gasteiger partial charge in [-0.15, -0.1) is 0 Å². The molecule has 1 aromatic rings. The van der Waals surface area contributed by atoms with E-state index in [1.807, 2.05) is 24.3 Å². The Morgan fingerprint density at radius 1 is 1.29 bits per heavy atom. The molecule has 0 radical (unpaired) electrons. The number of hydrogen-bond donors (Lipinski definition) is 0. The molecule has 1 aromatic carbocycles. The van der Waals surface area contributed by atoms with Gasteiger partial charge in [-0.2, -0.15) is 0 Å². The van der Waals surface area contributed by atoms with Gasteiger partial charge < -0.3 is 9.90 Å². The standard InChI is InChI=1S/C11H11ClO2/c12-10-3-1-7(2-4-10)8-5-9(6-8)11(13)14/h1-4,8-9H,5-6H2,(H,13,14)/p-1. The van der Waals surface area contributed by atoms with E-state index in [1.54, 1.807) is 0 Å². The topological polar surface area (TPSA) is 40.1 Å². The summed E-state index contributed by atoms with van der Waals surface area (Å²) in [6.07, 6.45) is 1.40. The second kappa shape index (κ2) is 3.62. The van der Waals surface area contributed by atoms with Crippen LogP contribution in [0.2, 0.25) is 5.02 Å². The van der Waals surface area contributed by atoms with Crippen LogP contribution in [0, 0.1) is 5.92 Å². The highest BCUT2D eigenvalue weighted by Crippen LogP contribution is 2.41. The molecule has 0 spiro atoms. The first kappa shape index (κ1) is 9.53. The predicted octanol–water partition coefficient (Wildman–Crippen LogP) is 1.58. The van der Waals surface area contributed by atoms with Crippen LogP contribution in [0.15, 0.2) is 24.3 Å². The van der Waals surface area contributed by atoms with Crippen molar-refractivity contribution < 1.29 is 9.90 Å². The summed E-state index contributed by atoms with van der Waals surface area (Å²) >= 11 is 5.75. The van der Waals surface area contributed by atoms with Gasteiger partial charge in [-0.1, -0.05) is 23.7 Å². The molecule has 0 bridgehead atoms. The fourth-order valence-electron chi connectivity index (χ4n) is 1.82. The number of carbonyl (C=O) groups is 1. The molecular weight excluding hydrogens is 200 g/mol. The number of carboxylic acids is 1. The second-order valence-electron chi connectivity index (χ2n) is 3.74. The molecule has 1 saturated carbocycles. The third kappa shape index (κ3) is 1.75. The summed E-state index contributed by atoms with van der Waals surface area (Å²) in [5.41, 5.74) is 1.17. The molecule has 0 unspecified atom stereocenters. The first-order chi connectivity index (χ1) is 6.66.